The van der Waals surface area contributed by atoms with Gasteiger partial charge in [0.2, 0.25) is 0 Å². The second kappa shape index (κ2) is 35.9. The molecule has 0 saturated heterocycles. The third-order valence-corrected chi connectivity index (χ3v) is 23.6. The number of hydrogen-bond acceptors (Lipinski definition) is 8. The Balaban J connectivity index is 1.25. The third kappa shape index (κ3) is 20.4. The summed E-state index contributed by atoms with van der Waals surface area (Å²) in [5, 5.41) is 29.2. The number of halogens is 4. The summed E-state index contributed by atoms with van der Waals surface area (Å²) < 4.78 is 18.9. The first-order valence-electron chi connectivity index (χ1n) is 40.5. The zero-order chi connectivity index (χ0) is 81.6. The molecule has 4 heterocycles. The first kappa shape index (κ1) is 84.3. The molecule has 586 valence electrons. The lowest BCUT2D eigenvalue weighted by Crippen LogP contribution is -2.54. The second-order valence-electron chi connectivity index (χ2n) is 36.9. The van der Waals surface area contributed by atoms with E-state index in [1.165, 1.54) is 0 Å². The molecule has 0 aliphatic heterocycles. The zero-order valence-electron chi connectivity index (χ0n) is 69.2. The summed E-state index contributed by atoms with van der Waals surface area (Å²) in [6, 6.07) is 70.9. The van der Waals surface area contributed by atoms with E-state index in [4.69, 9.17) is 75.8 Å². The fourth-order valence-corrected chi connectivity index (χ4v) is 18.3. The highest BCUT2D eigenvalue weighted by atomic mass is 35.5. The summed E-state index contributed by atoms with van der Waals surface area (Å²) >= 11 is 27.3. The average molecular weight is 1590 g/mol. The quantitative estimate of drug-likeness (QED) is 0.0444. The Labute approximate surface area is 697 Å². The van der Waals surface area contributed by atoms with Crippen molar-refractivity contribution >= 4 is 126 Å². The predicted octanol–water partition coefficient (Wildman–Crippen LogP) is 22.9. The Morgan fingerprint density at radius 1 is 0.395 bits per heavy atom. The van der Waals surface area contributed by atoms with Crippen molar-refractivity contribution in [3.05, 3.63) is 249 Å². The van der Waals surface area contributed by atoms with Crippen molar-refractivity contribution in [2.45, 2.75) is 162 Å². The predicted molar refractivity (Wildman–Crippen MR) is 481 cm³/mol. The Bertz CT molecular complexity index is 5140. The molecule has 12 rings (SSSR count). The van der Waals surface area contributed by atoms with Gasteiger partial charge in [-0.05, 0) is 180 Å². The van der Waals surface area contributed by atoms with Gasteiger partial charge in [0.25, 0.3) is 0 Å². The number of hydrogen-bond donors (Lipinski definition) is 0. The Kier molecular flexibility index (Phi) is 26.6. The fourth-order valence-electron chi connectivity index (χ4n) is 17.7. The van der Waals surface area contributed by atoms with Crippen LogP contribution in [0.15, 0.2) is 207 Å². The number of benzene rings is 8. The first-order chi connectivity index (χ1) is 54.2. The van der Waals surface area contributed by atoms with E-state index in [1.807, 2.05) is 24.3 Å². The maximum Gasteiger partial charge on any atom is 0.328 e. The summed E-state index contributed by atoms with van der Waals surface area (Å²) in [6.07, 6.45) is 12.0. The lowest BCUT2D eigenvalue weighted by molar-refractivity contribution is 0.147. The van der Waals surface area contributed by atoms with Gasteiger partial charge in [0, 0.05) is 22.2 Å². The van der Waals surface area contributed by atoms with Gasteiger partial charge in [0.15, 0.2) is 0 Å². The number of ether oxygens (including phenoxy) is 2. The zero-order valence-corrected chi connectivity index (χ0v) is 72.2. The van der Waals surface area contributed by atoms with E-state index in [9.17, 15) is 10.5 Å². The molecular formula is C98H108B2Cl4N8O2. The Morgan fingerprint density at radius 3 is 0.965 bits per heavy atom. The average Bonchev–Trinajstić information content (AvgIpc) is 1.52. The van der Waals surface area contributed by atoms with Gasteiger partial charge in [-0.15, -0.1) is 0 Å². The Hall–Kier alpha value is -9.13. The SMILES string of the molecule is CC(CCC(COc1ccc(-c2c3/c(=C(\C#N)c4cnc5cc(Cl)c(Cl)cc5n4)n(B(c4ccccc4)c4ccccc4)c(-c4ccc(OCC(CCC(C)CC(C)(C)C)C(C)CC(C)(C)C)cc4)c3/c(=C(\C#N)c3cnc4cc(Cl)c(Cl)cc4n3)n2B(c2ccccc2)c2ccccc2)cc1)C(C)CC(C)(C)C)CC(C)(C)C. The normalized spacial score (nSPS) is 14.4. The lowest BCUT2D eigenvalue weighted by Gasteiger charge is -2.31. The number of nitrogens with zero attached hydrogens (tertiary/aromatic N) is 8. The van der Waals surface area contributed by atoms with E-state index in [0.29, 0.717) is 114 Å². The molecule has 0 amide bonds. The minimum atomic E-state index is -0.677. The van der Waals surface area contributed by atoms with E-state index < -0.39 is 13.7 Å². The minimum absolute atomic E-state index is 0.126. The highest BCUT2D eigenvalue weighted by Gasteiger charge is 2.39. The van der Waals surface area contributed by atoms with Gasteiger partial charge >= 0.3 is 13.7 Å². The van der Waals surface area contributed by atoms with Gasteiger partial charge in [-0.2, -0.15) is 10.5 Å². The van der Waals surface area contributed by atoms with Crippen LogP contribution in [0.25, 0.3) is 66.5 Å². The van der Waals surface area contributed by atoms with Crippen LogP contribution in [0.2, 0.25) is 20.1 Å². The molecule has 4 aromatic heterocycles. The van der Waals surface area contributed by atoms with Crippen molar-refractivity contribution < 1.29 is 9.47 Å². The molecule has 8 aromatic carbocycles. The van der Waals surface area contributed by atoms with Crippen LogP contribution in [0.3, 0.4) is 0 Å². The maximum absolute atomic E-state index is 12.8. The summed E-state index contributed by atoms with van der Waals surface area (Å²) in [4.78, 5) is 20.9. The minimum Gasteiger partial charge on any atom is -0.493 e. The van der Waals surface area contributed by atoms with Gasteiger partial charge in [-0.3, -0.25) is 9.97 Å². The molecule has 6 atom stereocenters. The van der Waals surface area contributed by atoms with E-state index in [2.05, 4.69) is 277 Å². The summed E-state index contributed by atoms with van der Waals surface area (Å²) in [6.45, 7) is 37.3. The van der Waals surface area contributed by atoms with Crippen molar-refractivity contribution in [1.29, 1.82) is 10.5 Å². The maximum atomic E-state index is 12.8. The lowest BCUT2D eigenvalue weighted by atomic mass is 9.50. The Morgan fingerprint density at radius 2 is 0.684 bits per heavy atom. The van der Waals surface area contributed by atoms with Crippen molar-refractivity contribution in [3.8, 4) is 46.2 Å². The molecule has 0 aliphatic carbocycles. The first-order valence-corrected chi connectivity index (χ1v) is 42.0. The van der Waals surface area contributed by atoms with Crippen LogP contribution in [0.1, 0.15) is 174 Å². The summed E-state index contributed by atoms with van der Waals surface area (Å²) in [5.41, 5.74) is 10.1. The third-order valence-electron chi connectivity index (χ3n) is 22.2. The summed E-state index contributed by atoms with van der Waals surface area (Å²) in [5.74, 6) is 3.92. The number of fused-ring (bicyclic) bond motifs is 3. The molecule has 16 heteroatoms. The highest BCUT2D eigenvalue weighted by molar-refractivity contribution is 6.85. The van der Waals surface area contributed by atoms with Crippen LogP contribution in [0, 0.1) is 79.8 Å². The molecule has 0 radical (unpaired) electrons. The molecule has 0 fully saturated rings. The number of rotatable bonds is 28. The van der Waals surface area contributed by atoms with Gasteiger partial charge in [-0.1, -0.05) is 313 Å². The van der Waals surface area contributed by atoms with Crippen molar-refractivity contribution in [3.63, 3.8) is 0 Å². The van der Waals surface area contributed by atoms with Gasteiger partial charge in [0.05, 0.1) is 78.5 Å². The fraction of sp³-hybridized carbons (Fsp3) is 0.367. The summed E-state index contributed by atoms with van der Waals surface area (Å²) in [7, 11) is 0. The molecule has 0 N–H and O–H groups in total. The van der Waals surface area contributed by atoms with Gasteiger partial charge in [0.1, 0.15) is 46.2 Å². The molecular weight excluding hydrogens is 1480 g/mol. The van der Waals surface area contributed by atoms with E-state index >= 15 is 0 Å². The molecule has 12 aromatic rings. The van der Waals surface area contributed by atoms with Crippen LogP contribution >= 0.6 is 46.4 Å². The topological polar surface area (TPSA) is 127 Å². The number of aromatic nitrogens is 6. The molecule has 0 bridgehead atoms. The van der Waals surface area contributed by atoms with E-state index in [-0.39, 0.29) is 54.2 Å². The van der Waals surface area contributed by atoms with E-state index in [0.717, 1.165) is 95.8 Å². The standard InChI is InChI=1S/C98H108B2Cl4N8O2/c1-63(53-95(5,6)7)37-39-69(65(3)55-97(11,12)13)61-113-75-45-41-67(42-46-75)91-89-90(94(78(58-106)88-60-108-84-50-80(102)82(104)52-86(84)110-88)111(91)99(71-29-21-17-22-30-71)72-31-23-18-24-32-72)92(68-43-47-76(48-44-68)114-62-70(66(4)56-98(14,15)16)40-38-64(2)54-96(8,9)10)112(100(73-33-25-19-26-34-73)74-35-27-20-28-36-74)93(89)77(57-105)87-59-107-83-49-79(101)81(103)51-85(83)109-87/h17-36,41-52,59-60,63-66,69-70H,37-40,53-56,61-62H2,1-16H3/b93-77-,94-78-. The second-order valence-corrected chi connectivity index (χ2v) is 38.5. The van der Waals surface area contributed by atoms with Crippen molar-refractivity contribution in [2.75, 3.05) is 13.2 Å². The molecule has 10 nitrogen and oxygen atoms in total. The smallest absolute Gasteiger partial charge is 0.328 e. The van der Waals surface area contributed by atoms with Gasteiger partial charge in [-0.25, -0.2) is 9.97 Å². The van der Waals surface area contributed by atoms with Crippen LogP contribution in [0.4, 0.5) is 0 Å². The van der Waals surface area contributed by atoms with Crippen LogP contribution in [-0.4, -0.2) is 55.8 Å². The van der Waals surface area contributed by atoms with Crippen LogP contribution in [-0.2, 0) is 0 Å². The molecule has 0 spiro atoms. The van der Waals surface area contributed by atoms with Crippen molar-refractivity contribution in [2.24, 2.45) is 57.2 Å². The highest BCUT2D eigenvalue weighted by Crippen LogP contribution is 2.41. The molecule has 6 unspecified atom stereocenters. The van der Waals surface area contributed by atoms with Gasteiger partial charge < -0.3 is 18.4 Å². The molecule has 0 aliphatic rings. The van der Waals surface area contributed by atoms with E-state index in [1.54, 1.807) is 36.7 Å². The molecule has 114 heavy (non-hydrogen) atoms. The van der Waals surface area contributed by atoms with Crippen LogP contribution < -0.4 is 42.0 Å². The van der Waals surface area contributed by atoms with Crippen LogP contribution in [0.5, 0.6) is 11.5 Å². The molecule has 0 saturated carbocycles. The van der Waals surface area contributed by atoms with Crippen molar-refractivity contribution in [1.82, 2.24) is 28.9 Å². The monoisotopic (exact) mass is 1590 g/mol. The number of nitriles is 2. The largest absolute Gasteiger partial charge is 0.493 e.